The molecule has 102 valence electrons. The Balaban J connectivity index is 2.17. The van der Waals surface area contributed by atoms with E-state index in [0.717, 1.165) is 28.6 Å². The van der Waals surface area contributed by atoms with Gasteiger partial charge in [0, 0.05) is 5.92 Å². The average Bonchev–Trinajstić information content (AvgIpc) is 2.76. The van der Waals surface area contributed by atoms with Crippen LogP contribution in [0.25, 0.3) is 0 Å². The van der Waals surface area contributed by atoms with Crippen molar-refractivity contribution in [2.45, 2.75) is 39.0 Å². The maximum atomic E-state index is 5.73. The number of halogens is 1. The number of hydrogen-bond donors (Lipinski definition) is 1. The second-order valence-electron chi connectivity index (χ2n) is 5.87. The summed E-state index contributed by atoms with van der Waals surface area (Å²) in [6.07, 6.45) is 5.73. The third-order valence-corrected chi connectivity index (χ3v) is 5.08. The first-order valence-electron chi connectivity index (χ1n) is 7.01. The highest BCUT2D eigenvalue weighted by Crippen LogP contribution is 2.45. The highest BCUT2D eigenvalue weighted by molar-refractivity contribution is 9.10. The van der Waals surface area contributed by atoms with Gasteiger partial charge in [-0.3, -0.25) is 0 Å². The molecule has 1 aromatic heterocycles. The lowest BCUT2D eigenvalue weighted by Crippen LogP contribution is -2.32. The zero-order chi connectivity index (χ0) is 13.1. The van der Waals surface area contributed by atoms with Gasteiger partial charge in [-0.2, -0.15) is 0 Å². The molecular weight excluding hydrogens is 290 g/mol. The molecule has 0 spiro atoms. The van der Waals surface area contributed by atoms with Crippen LogP contribution < -0.4 is 5.32 Å². The van der Waals surface area contributed by atoms with Gasteiger partial charge in [0.25, 0.3) is 0 Å². The fraction of sp³-hybridized carbons (Fsp3) is 0.733. The second kappa shape index (κ2) is 6.25. The molecule has 1 N–H and O–H groups in total. The van der Waals surface area contributed by atoms with E-state index in [9.17, 15) is 0 Å². The minimum absolute atomic E-state index is 0.558. The molecule has 1 aliphatic rings. The van der Waals surface area contributed by atoms with Crippen molar-refractivity contribution < 1.29 is 4.42 Å². The molecule has 0 amide bonds. The van der Waals surface area contributed by atoms with Gasteiger partial charge in [0.05, 0.1) is 10.7 Å². The van der Waals surface area contributed by atoms with Crippen molar-refractivity contribution in [2.24, 2.45) is 17.8 Å². The van der Waals surface area contributed by atoms with E-state index in [1.54, 1.807) is 6.26 Å². The van der Waals surface area contributed by atoms with Crippen LogP contribution in [0.3, 0.4) is 0 Å². The molecule has 2 rings (SSSR count). The molecule has 1 fully saturated rings. The van der Waals surface area contributed by atoms with Crippen molar-refractivity contribution in [3.8, 4) is 0 Å². The normalized spacial score (nSPS) is 28.8. The molecule has 0 aliphatic heterocycles. The van der Waals surface area contributed by atoms with Crippen molar-refractivity contribution >= 4 is 15.9 Å². The topological polar surface area (TPSA) is 25.2 Å². The van der Waals surface area contributed by atoms with E-state index in [1.807, 2.05) is 13.1 Å². The van der Waals surface area contributed by atoms with E-state index in [0.29, 0.717) is 11.8 Å². The summed E-state index contributed by atoms with van der Waals surface area (Å²) in [6, 6.07) is 2.02. The van der Waals surface area contributed by atoms with Gasteiger partial charge in [0.1, 0.15) is 5.76 Å². The predicted molar refractivity (Wildman–Crippen MR) is 78.7 cm³/mol. The number of rotatable bonds is 4. The smallest absolute Gasteiger partial charge is 0.121 e. The molecule has 18 heavy (non-hydrogen) atoms. The first-order chi connectivity index (χ1) is 8.63. The lowest BCUT2D eigenvalue weighted by Gasteiger charge is -2.37. The second-order valence-corrected chi connectivity index (χ2v) is 6.73. The third kappa shape index (κ3) is 3.00. The number of nitrogens with one attached hydrogen (secondary N) is 1. The Kier molecular flexibility index (Phi) is 4.91. The van der Waals surface area contributed by atoms with Crippen LogP contribution in [0, 0.1) is 17.8 Å². The van der Waals surface area contributed by atoms with Gasteiger partial charge in [-0.05, 0) is 72.6 Å². The van der Waals surface area contributed by atoms with Crippen molar-refractivity contribution in [3.63, 3.8) is 0 Å². The monoisotopic (exact) mass is 313 g/mol. The Morgan fingerprint density at radius 3 is 2.78 bits per heavy atom. The molecule has 0 aromatic carbocycles. The van der Waals surface area contributed by atoms with E-state index in [1.165, 1.54) is 19.3 Å². The Labute approximate surface area is 119 Å². The van der Waals surface area contributed by atoms with E-state index in [4.69, 9.17) is 4.42 Å². The fourth-order valence-electron chi connectivity index (χ4n) is 3.27. The van der Waals surface area contributed by atoms with Crippen LogP contribution in [0.15, 0.2) is 21.2 Å². The first-order valence-corrected chi connectivity index (χ1v) is 7.80. The van der Waals surface area contributed by atoms with Crippen LogP contribution in [-0.2, 0) is 0 Å². The van der Waals surface area contributed by atoms with Crippen molar-refractivity contribution in [1.29, 1.82) is 0 Å². The molecule has 0 saturated heterocycles. The largest absolute Gasteiger partial charge is 0.468 e. The summed E-state index contributed by atoms with van der Waals surface area (Å²) in [5, 5.41) is 3.34. The molecule has 1 heterocycles. The van der Waals surface area contributed by atoms with Crippen LogP contribution in [0.4, 0.5) is 0 Å². The summed E-state index contributed by atoms with van der Waals surface area (Å²) >= 11 is 3.62. The van der Waals surface area contributed by atoms with Gasteiger partial charge in [0.2, 0.25) is 0 Å². The van der Waals surface area contributed by atoms with E-state index in [2.05, 4.69) is 35.1 Å². The van der Waals surface area contributed by atoms with Crippen LogP contribution in [0.2, 0.25) is 0 Å². The van der Waals surface area contributed by atoms with E-state index < -0.39 is 0 Å². The van der Waals surface area contributed by atoms with Gasteiger partial charge in [0.15, 0.2) is 0 Å². The van der Waals surface area contributed by atoms with Gasteiger partial charge in [-0.25, -0.2) is 0 Å². The third-order valence-electron chi connectivity index (χ3n) is 4.42. The number of furan rings is 1. The molecule has 3 unspecified atom stereocenters. The van der Waals surface area contributed by atoms with Gasteiger partial charge in [-0.1, -0.05) is 13.8 Å². The maximum Gasteiger partial charge on any atom is 0.121 e. The fourth-order valence-corrected chi connectivity index (χ4v) is 3.76. The Morgan fingerprint density at radius 1 is 1.44 bits per heavy atom. The standard InChI is InChI=1S/C15H24BrNO/c1-10(2)11-4-5-12(9-17-3)13(8-11)15-14(16)6-7-18-15/h6-7,10-13,17H,4-5,8-9H2,1-3H3. The zero-order valence-electron chi connectivity index (χ0n) is 11.6. The summed E-state index contributed by atoms with van der Waals surface area (Å²) < 4.78 is 6.87. The van der Waals surface area contributed by atoms with Crippen LogP contribution in [0.1, 0.15) is 44.8 Å². The lowest BCUT2D eigenvalue weighted by molar-refractivity contribution is 0.176. The summed E-state index contributed by atoms with van der Waals surface area (Å²) in [4.78, 5) is 0. The van der Waals surface area contributed by atoms with Crippen molar-refractivity contribution in [1.82, 2.24) is 5.32 Å². The maximum absolute atomic E-state index is 5.73. The molecule has 0 radical (unpaired) electrons. The van der Waals surface area contributed by atoms with Crippen LogP contribution >= 0.6 is 15.9 Å². The van der Waals surface area contributed by atoms with Crippen LogP contribution in [0.5, 0.6) is 0 Å². The lowest BCUT2D eigenvalue weighted by atomic mass is 9.69. The summed E-state index contributed by atoms with van der Waals surface area (Å²) in [7, 11) is 2.04. The Hall–Kier alpha value is -0.280. The molecule has 3 heteroatoms. The van der Waals surface area contributed by atoms with Gasteiger partial charge < -0.3 is 9.73 Å². The highest BCUT2D eigenvalue weighted by atomic mass is 79.9. The average molecular weight is 314 g/mol. The molecule has 3 atom stereocenters. The number of hydrogen-bond acceptors (Lipinski definition) is 2. The molecule has 1 saturated carbocycles. The molecule has 1 aromatic rings. The van der Waals surface area contributed by atoms with Gasteiger partial charge >= 0.3 is 0 Å². The minimum Gasteiger partial charge on any atom is -0.468 e. The molecule has 1 aliphatic carbocycles. The van der Waals surface area contributed by atoms with Crippen LogP contribution in [-0.4, -0.2) is 13.6 Å². The quantitative estimate of drug-likeness (QED) is 0.890. The first kappa shape index (κ1) is 14.1. The summed E-state index contributed by atoms with van der Waals surface area (Å²) in [5.74, 6) is 4.02. The van der Waals surface area contributed by atoms with Gasteiger partial charge in [-0.15, -0.1) is 0 Å². The predicted octanol–water partition coefficient (Wildman–Crippen LogP) is 4.42. The summed E-state index contributed by atoms with van der Waals surface area (Å²) in [5.41, 5.74) is 0. The zero-order valence-corrected chi connectivity index (χ0v) is 13.2. The van der Waals surface area contributed by atoms with E-state index >= 15 is 0 Å². The molecular formula is C15H24BrNO. The minimum atomic E-state index is 0.558. The highest BCUT2D eigenvalue weighted by Gasteiger charge is 2.34. The van der Waals surface area contributed by atoms with Crippen molar-refractivity contribution in [2.75, 3.05) is 13.6 Å². The molecule has 2 nitrogen and oxygen atoms in total. The Bertz CT molecular complexity index is 374. The van der Waals surface area contributed by atoms with Crippen molar-refractivity contribution in [3.05, 3.63) is 22.6 Å². The SMILES string of the molecule is CNCC1CCC(C(C)C)CC1c1occc1Br. The van der Waals surface area contributed by atoms with E-state index in [-0.39, 0.29) is 0 Å². The molecule has 0 bridgehead atoms. The summed E-state index contributed by atoms with van der Waals surface area (Å²) in [6.45, 7) is 5.78. The Morgan fingerprint density at radius 2 is 2.22 bits per heavy atom.